The maximum absolute atomic E-state index is 13.1. The third-order valence-electron chi connectivity index (χ3n) is 4.83. The van der Waals surface area contributed by atoms with Crippen molar-refractivity contribution in [2.24, 2.45) is 0 Å². The summed E-state index contributed by atoms with van der Waals surface area (Å²) in [5, 5.41) is 2.72. The number of aromatic nitrogens is 1. The van der Waals surface area contributed by atoms with E-state index in [0.29, 0.717) is 18.3 Å². The second-order valence-electron chi connectivity index (χ2n) is 6.85. The lowest BCUT2D eigenvalue weighted by Gasteiger charge is -2.28. The molecule has 0 aliphatic carbocycles. The monoisotopic (exact) mass is 479 g/mol. The number of fused-ring (bicyclic) bond motifs is 1. The van der Waals surface area contributed by atoms with Crippen LogP contribution in [0.3, 0.4) is 0 Å². The number of ether oxygens (including phenoxy) is 2. The van der Waals surface area contributed by atoms with E-state index in [1.807, 2.05) is 48.7 Å². The number of nitrogens with zero attached hydrogens (tertiary/aromatic N) is 3. The maximum atomic E-state index is 13.1. The summed E-state index contributed by atoms with van der Waals surface area (Å²) in [5.41, 5.74) is 0.880. The smallest absolute Gasteiger partial charge is 0.252 e. The number of thiophene rings is 1. The molecule has 2 aromatic heterocycles. The van der Waals surface area contributed by atoms with Gasteiger partial charge in [-0.3, -0.25) is 14.6 Å². The fourth-order valence-corrected chi connectivity index (χ4v) is 4.90. The van der Waals surface area contributed by atoms with Crippen molar-refractivity contribution in [2.45, 2.75) is 6.92 Å². The predicted molar refractivity (Wildman–Crippen MR) is 131 cm³/mol. The third-order valence-corrected chi connectivity index (χ3v) is 6.71. The van der Waals surface area contributed by atoms with Crippen LogP contribution in [0.4, 0.5) is 5.13 Å². The number of carbonyl (C=O) groups excluding carboxylic acids is 1. The van der Waals surface area contributed by atoms with Crippen molar-refractivity contribution < 1.29 is 14.3 Å². The highest BCUT2D eigenvalue weighted by Gasteiger charge is 2.20. The topological polar surface area (TPSA) is 54.9 Å². The van der Waals surface area contributed by atoms with Crippen LogP contribution in [0, 0.1) is 0 Å². The molecule has 0 spiro atoms. The summed E-state index contributed by atoms with van der Waals surface area (Å²) in [6.45, 7) is 7.24. The Morgan fingerprint density at radius 1 is 1.32 bits per heavy atom. The first kappa shape index (κ1) is 23.7. The Balaban J connectivity index is 0.00000272. The highest BCUT2D eigenvalue weighted by molar-refractivity contribution is 7.22. The number of thiazole rings is 1. The van der Waals surface area contributed by atoms with Gasteiger partial charge in [-0.15, -0.1) is 23.7 Å². The maximum Gasteiger partial charge on any atom is 0.252 e. The molecule has 1 fully saturated rings. The molecule has 0 N–H and O–H groups in total. The van der Waals surface area contributed by atoms with Crippen molar-refractivity contribution >= 4 is 62.4 Å². The van der Waals surface area contributed by atoms with Crippen LogP contribution in [-0.2, 0) is 9.53 Å². The molecule has 0 unspecified atom stereocenters. The first-order chi connectivity index (χ1) is 14.7. The summed E-state index contributed by atoms with van der Waals surface area (Å²) in [6.07, 6.45) is 3.51. The lowest BCUT2D eigenvalue weighted by Crippen LogP contribution is -2.42. The highest BCUT2D eigenvalue weighted by Crippen LogP contribution is 2.32. The van der Waals surface area contributed by atoms with Gasteiger partial charge in [0.1, 0.15) is 5.75 Å². The van der Waals surface area contributed by atoms with Gasteiger partial charge in [-0.25, -0.2) is 4.98 Å². The van der Waals surface area contributed by atoms with Crippen LogP contribution >= 0.6 is 35.1 Å². The average molecular weight is 480 g/mol. The van der Waals surface area contributed by atoms with Crippen LogP contribution in [0.15, 0.2) is 41.8 Å². The van der Waals surface area contributed by atoms with Gasteiger partial charge in [0.15, 0.2) is 5.13 Å². The van der Waals surface area contributed by atoms with Crippen molar-refractivity contribution in [3.63, 3.8) is 0 Å². The first-order valence-electron chi connectivity index (χ1n) is 10.1. The van der Waals surface area contributed by atoms with Crippen molar-refractivity contribution in [2.75, 3.05) is 50.9 Å². The van der Waals surface area contributed by atoms with Gasteiger partial charge in [0.2, 0.25) is 0 Å². The molecule has 1 aliphatic heterocycles. The molecule has 9 heteroatoms. The molecule has 1 amide bonds. The van der Waals surface area contributed by atoms with Gasteiger partial charge in [-0.2, -0.15) is 0 Å². The molecule has 6 nitrogen and oxygen atoms in total. The van der Waals surface area contributed by atoms with Gasteiger partial charge in [-0.1, -0.05) is 17.4 Å². The second kappa shape index (κ2) is 11.6. The van der Waals surface area contributed by atoms with Crippen LogP contribution in [0.5, 0.6) is 5.75 Å². The van der Waals surface area contributed by atoms with Crippen molar-refractivity contribution in [3.05, 3.63) is 46.7 Å². The lowest BCUT2D eigenvalue weighted by molar-refractivity contribution is -0.114. The molecule has 1 aliphatic rings. The van der Waals surface area contributed by atoms with Crippen LogP contribution in [0.1, 0.15) is 11.8 Å². The minimum absolute atomic E-state index is 0. The fraction of sp³-hybridized carbons (Fsp3) is 0.364. The Hall–Kier alpha value is -1.97. The summed E-state index contributed by atoms with van der Waals surface area (Å²) >= 11 is 3.14. The van der Waals surface area contributed by atoms with Gasteiger partial charge in [0, 0.05) is 37.1 Å². The second-order valence-corrected chi connectivity index (χ2v) is 8.84. The number of amides is 1. The molecular formula is C22H26ClN3O3S2. The molecule has 0 radical (unpaired) electrons. The lowest BCUT2D eigenvalue weighted by atomic mass is 10.3. The Kier molecular flexibility index (Phi) is 8.86. The molecular weight excluding hydrogens is 454 g/mol. The normalized spacial score (nSPS) is 14.6. The molecule has 0 bridgehead atoms. The summed E-state index contributed by atoms with van der Waals surface area (Å²) in [6, 6.07) is 9.85. The molecule has 31 heavy (non-hydrogen) atoms. The number of anilines is 1. The molecule has 1 aromatic carbocycles. The molecule has 166 valence electrons. The third kappa shape index (κ3) is 6.27. The number of hydrogen-bond acceptors (Lipinski definition) is 7. The molecule has 4 rings (SSSR count). The Bertz CT molecular complexity index is 1000. The minimum atomic E-state index is -0.0549. The zero-order valence-corrected chi connectivity index (χ0v) is 19.8. The van der Waals surface area contributed by atoms with E-state index in [9.17, 15) is 4.79 Å². The fourth-order valence-electron chi connectivity index (χ4n) is 3.26. The number of morpholine rings is 1. The number of halogens is 1. The molecule has 3 heterocycles. The van der Waals surface area contributed by atoms with E-state index in [1.165, 1.54) is 11.3 Å². The van der Waals surface area contributed by atoms with Crippen molar-refractivity contribution in [3.8, 4) is 5.75 Å². The standard InChI is InChI=1S/C22H25N3O3S2.ClH/c1-2-28-17-5-7-19-20(16-17)30-22(23-19)25(10-9-24-11-13-27-14-12-24)21(26)8-6-18-4-3-15-29-18;/h3-8,15-16H,2,9-14H2,1H3;1H/b8-6+;. The molecule has 0 atom stereocenters. The number of benzene rings is 1. The summed E-state index contributed by atoms with van der Waals surface area (Å²) in [4.78, 5) is 23.0. The zero-order valence-electron chi connectivity index (χ0n) is 17.4. The first-order valence-corrected chi connectivity index (χ1v) is 11.8. The van der Waals surface area contributed by atoms with E-state index in [-0.39, 0.29) is 18.3 Å². The van der Waals surface area contributed by atoms with Crippen molar-refractivity contribution in [1.82, 2.24) is 9.88 Å². The van der Waals surface area contributed by atoms with Crippen LogP contribution in [0.2, 0.25) is 0 Å². The summed E-state index contributed by atoms with van der Waals surface area (Å²) < 4.78 is 12.1. The number of carbonyl (C=O) groups is 1. The van der Waals surface area contributed by atoms with E-state index in [1.54, 1.807) is 22.3 Å². The Morgan fingerprint density at radius 3 is 2.90 bits per heavy atom. The summed E-state index contributed by atoms with van der Waals surface area (Å²) in [5.74, 6) is 0.768. The Labute approximate surface area is 196 Å². The van der Waals surface area contributed by atoms with E-state index in [2.05, 4.69) is 4.90 Å². The molecule has 0 saturated carbocycles. The summed E-state index contributed by atoms with van der Waals surface area (Å²) in [7, 11) is 0. The van der Waals surface area contributed by atoms with E-state index in [0.717, 1.165) is 53.7 Å². The van der Waals surface area contributed by atoms with E-state index in [4.69, 9.17) is 14.5 Å². The van der Waals surface area contributed by atoms with Crippen LogP contribution < -0.4 is 9.64 Å². The minimum Gasteiger partial charge on any atom is -0.494 e. The van der Waals surface area contributed by atoms with Crippen LogP contribution in [0.25, 0.3) is 16.3 Å². The van der Waals surface area contributed by atoms with Crippen LogP contribution in [-0.4, -0.2) is 61.8 Å². The van der Waals surface area contributed by atoms with E-state index < -0.39 is 0 Å². The van der Waals surface area contributed by atoms with Gasteiger partial charge in [0.25, 0.3) is 5.91 Å². The largest absolute Gasteiger partial charge is 0.494 e. The molecule has 3 aromatic rings. The van der Waals surface area contributed by atoms with Gasteiger partial charge < -0.3 is 9.47 Å². The van der Waals surface area contributed by atoms with E-state index >= 15 is 0 Å². The van der Waals surface area contributed by atoms with Gasteiger partial charge in [-0.05, 0) is 42.6 Å². The average Bonchev–Trinajstić information content (AvgIpc) is 3.43. The SMILES string of the molecule is CCOc1ccc2nc(N(CCN3CCOCC3)C(=O)/C=C/c3cccs3)sc2c1.Cl. The highest BCUT2D eigenvalue weighted by atomic mass is 35.5. The number of rotatable bonds is 8. The van der Waals surface area contributed by atoms with Gasteiger partial charge >= 0.3 is 0 Å². The Morgan fingerprint density at radius 2 is 2.16 bits per heavy atom. The zero-order chi connectivity index (χ0) is 20.8. The quantitative estimate of drug-likeness (QED) is 0.443. The molecule has 1 saturated heterocycles. The number of hydrogen-bond donors (Lipinski definition) is 0. The van der Waals surface area contributed by atoms with Crippen molar-refractivity contribution in [1.29, 1.82) is 0 Å². The van der Waals surface area contributed by atoms with Gasteiger partial charge in [0.05, 0.1) is 30.0 Å². The predicted octanol–water partition coefficient (Wildman–Crippen LogP) is 4.56.